The minimum absolute atomic E-state index is 0.0558. The second-order valence-corrected chi connectivity index (χ2v) is 1.80. The number of rotatable bonds is 3. The lowest BCUT2D eigenvalue weighted by atomic mass is 10.3. The van der Waals surface area contributed by atoms with Crippen molar-refractivity contribution in [3.05, 3.63) is 24.1 Å². The first kappa shape index (κ1) is 13.0. The average Bonchev–Trinajstić information content (AvgIpc) is 2.08. The van der Waals surface area contributed by atoms with Crippen LogP contribution < -0.4 is 0 Å². The van der Waals surface area contributed by atoms with Gasteiger partial charge in [-0.25, -0.2) is 4.39 Å². The molecule has 0 heterocycles. The van der Waals surface area contributed by atoms with Crippen molar-refractivity contribution in [2.45, 2.75) is 40.5 Å². The van der Waals surface area contributed by atoms with Crippen molar-refractivity contribution >= 4 is 0 Å². The van der Waals surface area contributed by atoms with Crippen molar-refractivity contribution in [2.24, 2.45) is 0 Å². The topological polar surface area (TPSA) is 0 Å². The monoisotopic (exact) mass is 158 g/mol. The van der Waals surface area contributed by atoms with Crippen LogP contribution in [0.2, 0.25) is 0 Å². The Balaban J connectivity index is 0. The summed E-state index contributed by atoms with van der Waals surface area (Å²) < 4.78 is 12.3. The lowest BCUT2D eigenvalue weighted by Crippen LogP contribution is -1.64. The van der Waals surface area contributed by atoms with Gasteiger partial charge < -0.3 is 0 Å². The minimum atomic E-state index is -0.0558. The second kappa shape index (κ2) is 12.1. The van der Waals surface area contributed by atoms with E-state index in [1.54, 1.807) is 13.0 Å². The number of halogens is 1. The summed E-state index contributed by atoms with van der Waals surface area (Å²) in [6.45, 7) is 7.82. The molecule has 0 N–H and O–H groups in total. The molecule has 0 spiro atoms. The van der Waals surface area contributed by atoms with Crippen LogP contribution in [0.5, 0.6) is 0 Å². The molecule has 66 valence electrons. The van der Waals surface area contributed by atoms with Crippen molar-refractivity contribution in [3.8, 4) is 0 Å². The van der Waals surface area contributed by atoms with Crippen LogP contribution in [-0.2, 0) is 0 Å². The first-order chi connectivity index (χ1) is 5.31. The predicted molar refractivity (Wildman–Crippen MR) is 50.3 cm³/mol. The first-order valence-corrected chi connectivity index (χ1v) is 4.32. The van der Waals surface area contributed by atoms with E-state index in [0.29, 0.717) is 6.42 Å². The van der Waals surface area contributed by atoms with Crippen LogP contribution in [0.25, 0.3) is 0 Å². The Morgan fingerprint density at radius 3 is 2.18 bits per heavy atom. The molecule has 0 aromatic heterocycles. The van der Waals surface area contributed by atoms with Gasteiger partial charge in [-0.2, -0.15) is 0 Å². The van der Waals surface area contributed by atoms with E-state index in [4.69, 9.17) is 0 Å². The molecule has 1 heteroatoms. The summed E-state index contributed by atoms with van der Waals surface area (Å²) in [5, 5.41) is 0. The van der Waals surface area contributed by atoms with Gasteiger partial charge in [0.2, 0.25) is 0 Å². The second-order valence-electron chi connectivity index (χ2n) is 1.80. The van der Waals surface area contributed by atoms with E-state index in [2.05, 4.69) is 0 Å². The highest BCUT2D eigenvalue weighted by Gasteiger charge is 1.82. The van der Waals surface area contributed by atoms with Gasteiger partial charge in [-0.3, -0.25) is 0 Å². The van der Waals surface area contributed by atoms with E-state index in [9.17, 15) is 4.39 Å². The molecule has 0 aliphatic rings. The molecule has 0 unspecified atom stereocenters. The van der Waals surface area contributed by atoms with Gasteiger partial charge in [0.25, 0.3) is 0 Å². The maximum absolute atomic E-state index is 12.3. The normalized spacial score (nSPS) is 11.2. The van der Waals surface area contributed by atoms with Crippen LogP contribution in [0.3, 0.4) is 0 Å². The Morgan fingerprint density at radius 1 is 1.27 bits per heavy atom. The zero-order valence-corrected chi connectivity index (χ0v) is 8.02. The highest BCUT2D eigenvalue weighted by atomic mass is 19.1. The van der Waals surface area contributed by atoms with E-state index >= 15 is 0 Å². The summed E-state index contributed by atoms with van der Waals surface area (Å²) >= 11 is 0. The molecular formula is C10H19F. The van der Waals surface area contributed by atoms with Gasteiger partial charge in [0.1, 0.15) is 0 Å². The highest BCUT2D eigenvalue weighted by Crippen LogP contribution is 2.00. The molecule has 0 saturated heterocycles. The molecule has 0 nitrogen and oxygen atoms in total. The van der Waals surface area contributed by atoms with E-state index in [0.717, 1.165) is 6.42 Å². The van der Waals surface area contributed by atoms with E-state index < -0.39 is 0 Å². The molecule has 0 aliphatic heterocycles. The van der Waals surface area contributed by atoms with Crippen molar-refractivity contribution in [2.75, 3.05) is 0 Å². The summed E-state index contributed by atoms with van der Waals surface area (Å²) in [6, 6.07) is 0. The zero-order valence-electron chi connectivity index (χ0n) is 8.02. The smallest absolute Gasteiger partial charge is 0.0996 e. The van der Waals surface area contributed by atoms with Crippen molar-refractivity contribution in [1.82, 2.24) is 0 Å². The van der Waals surface area contributed by atoms with Crippen LogP contribution in [-0.4, -0.2) is 0 Å². The Kier molecular flexibility index (Phi) is 14.4. The molecule has 0 aromatic carbocycles. The SMILES string of the molecule is CC.CC/C=C/C=C(/F)CC. The largest absolute Gasteiger partial charge is 0.212 e. The molecule has 0 bridgehead atoms. The van der Waals surface area contributed by atoms with E-state index in [1.165, 1.54) is 6.08 Å². The molecular weight excluding hydrogens is 139 g/mol. The molecule has 11 heavy (non-hydrogen) atoms. The minimum Gasteiger partial charge on any atom is -0.212 e. The standard InChI is InChI=1S/C8H13F.C2H6/c1-3-5-6-7-8(9)4-2;1-2/h5-7H,3-4H2,1-2H3;1-2H3/b6-5+,8-7+;. The third kappa shape index (κ3) is 12.6. The fraction of sp³-hybridized carbons (Fsp3) is 0.600. The van der Waals surface area contributed by atoms with Gasteiger partial charge in [0, 0.05) is 0 Å². The summed E-state index contributed by atoms with van der Waals surface area (Å²) in [5.74, 6) is -0.0558. The fourth-order valence-electron chi connectivity index (χ4n) is 0.426. The van der Waals surface area contributed by atoms with Gasteiger partial charge in [0.05, 0.1) is 5.83 Å². The highest BCUT2D eigenvalue weighted by molar-refractivity contribution is 5.06. The molecule has 0 fully saturated rings. The van der Waals surface area contributed by atoms with Crippen LogP contribution >= 0.6 is 0 Å². The molecule has 0 aliphatic carbocycles. The summed E-state index contributed by atoms with van der Waals surface area (Å²) in [4.78, 5) is 0. The quantitative estimate of drug-likeness (QED) is 0.539. The van der Waals surface area contributed by atoms with Crippen molar-refractivity contribution < 1.29 is 4.39 Å². The predicted octanol–water partition coefficient (Wildman–Crippen LogP) is 4.24. The fourth-order valence-corrected chi connectivity index (χ4v) is 0.426. The van der Waals surface area contributed by atoms with Crippen molar-refractivity contribution in [3.63, 3.8) is 0 Å². The van der Waals surface area contributed by atoms with Crippen LogP contribution in [0.15, 0.2) is 24.1 Å². The summed E-state index contributed by atoms with van der Waals surface area (Å²) in [5.41, 5.74) is 0. The Labute approximate surface area is 69.8 Å². The third-order valence-corrected chi connectivity index (χ3v) is 0.987. The van der Waals surface area contributed by atoms with Gasteiger partial charge in [0.15, 0.2) is 0 Å². The molecule has 0 aromatic rings. The number of hydrogen-bond donors (Lipinski definition) is 0. The Hall–Kier alpha value is -0.590. The third-order valence-electron chi connectivity index (χ3n) is 0.987. The average molecular weight is 158 g/mol. The zero-order chi connectivity index (χ0) is 9.11. The lowest BCUT2D eigenvalue weighted by molar-refractivity contribution is 0.604. The van der Waals surface area contributed by atoms with Gasteiger partial charge >= 0.3 is 0 Å². The molecule has 0 rings (SSSR count). The maximum atomic E-state index is 12.3. The van der Waals surface area contributed by atoms with Gasteiger partial charge in [-0.05, 0) is 18.9 Å². The van der Waals surface area contributed by atoms with Crippen molar-refractivity contribution in [1.29, 1.82) is 0 Å². The summed E-state index contributed by atoms with van der Waals surface area (Å²) in [6.07, 6.45) is 6.64. The molecule has 0 radical (unpaired) electrons. The van der Waals surface area contributed by atoms with Crippen LogP contribution in [0.1, 0.15) is 40.5 Å². The van der Waals surface area contributed by atoms with Crippen LogP contribution in [0.4, 0.5) is 4.39 Å². The molecule has 0 saturated carbocycles. The maximum Gasteiger partial charge on any atom is 0.0996 e. The Bertz CT molecular complexity index is 112. The number of allylic oxidation sites excluding steroid dienone is 4. The van der Waals surface area contributed by atoms with Crippen LogP contribution in [0, 0.1) is 0 Å². The van der Waals surface area contributed by atoms with Gasteiger partial charge in [-0.1, -0.05) is 39.8 Å². The Morgan fingerprint density at radius 2 is 1.82 bits per heavy atom. The molecule has 0 atom stereocenters. The summed E-state index contributed by atoms with van der Waals surface area (Å²) in [7, 11) is 0. The van der Waals surface area contributed by atoms with Gasteiger partial charge in [-0.15, -0.1) is 0 Å². The first-order valence-electron chi connectivity index (χ1n) is 4.32. The number of hydrogen-bond acceptors (Lipinski definition) is 0. The van der Waals surface area contributed by atoms with E-state index in [1.807, 2.05) is 26.8 Å². The lowest BCUT2D eigenvalue weighted by Gasteiger charge is -1.83. The molecule has 0 amide bonds. The van der Waals surface area contributed by atoms with E-state index in [-0.39, 0.29) is 5.83 Å².